The van der Waals surface area contributed by atoms with E-state index in [1.807, 2.05) is 12.3 Å². The molecule has 0 radical (unpaired) electrons. The van der Waals surface area contributed by atoms with Crippen molar-refractivity contribution >= 4 is 29.0 Å². The lowest BCUT2D eigenvalue weighted by Crippen LogP contribution is -2.26. The molecule has 0 amide bonds. The molecule has 1 unspecified atom stereocenters. The summed E-state index contributed by atoms with van der Waals surface area (Å²) in [5.74, 6) is 0.635. The summed E-state index contributed by atoms with van der Waals surface area (Å²) in [4.78, 5) is 8.90. The van der Waals surface area contributed by atoms with Crippen molar-refractivity contribution in [2.75, 3.05) is 18.8 Å². The Balaban J connectivity index is 1.49. The zero-order chi connectivity index (χ0) is 22.7. The Bertz CT molecular complexity index is 1090. The summed E-state index contributed by atoms with van der Waals surface area (Å²) in [5.41, 5.74) is 9.51. The molecule has 0 spiro atoms. The van der Waals surface area contributed by atoms with Gasteiger partial charge in [0, 0.05) is 35.1 Å². The van der Waals surface area contributed by atoms with Gasteiger partial charge in [0.15, 0.2) is 11.6 Å². The quantitative estimate of drug-likeness (QED) is 0.448. The number of ether oxygens (including phenoxy) is 1. The highest BCUT2D eigenvalue weighted by Crippen LogP contribution is 2.36. The van der Waals surface area contributed by atoms with Gasteiger partial charge in [-0.2, -0.15) is 0 Å². The van der Waals surface area contributed by atoms with Crippen LogP contribution in [0.5, 0.6) is 5.75 Å². The number of pyridine rings is 2. The van der Waals surface area contributed by atoms with Crippen molar-refractivity contribution in [2.24, 2.45) is 0 Å². The highest BCUT2D eigenvalue weighted by molar-refractivity contribution is 6.36. The van der Waals surface area contributed by atoms with E-state index in [1.165, 1.54) is 17.7 Å². The first-order chi connectivity index (χ1) is 15.4. The molecule has 0 saturated carbocycles. The van der Waals surface area contributed by atoms with Crippen LogP contribution in [0.3, 0.4) is 0 Å². The maximum absolute atomic E-state index is 13.9. The minimum Gasteiger partial charge on any atom is -0.482 e. The van der Waals surface area contributed by atoms with Crippen LogP contribution in [0.25, 0.3) is 0 Å². The summed E-state index contributed by atoms with van der Waals surface area (Å²) in [6.45, 7) is 3.84. The second-order valence-electron chi connectivity index (χ2n) is 8.03. The molecular formula is C24H25Cl2FN4O. The number of piperidine rings is 1. The number of benzene rings is 1. The Kier molecular flexibility index (Phi) is 7.13. The van der Waals surface area contributed by atoms with E-state index < -0.39 is 11.9 Å². The molecule has 2 aromatic heterocycles. The maximum Gasteiger partial charge on any atom is 0.166 e. The number of nitrogens with two attached hydrogens (primary N) is 1. The zero-order valence-electron chi connectivity index (χ0n) is 17.7. The second-order valence-corrected chi connectivity index (χ2v) is 8.81. The van der Waals surface area contributed by atoms with Crippen LogP contribution in [0, 0.1) is 5.82 Å². The molecule has 4 rings (SSSR count). The molecule has 3 aromatic rings. The third-order valence-corrected chi connectivity index (χ3v) is 6.49. The van der Waals surface area contributed by atoms with Gasteiger partial charge < -0.3 is 15.8 Å². The van der Waals surface area contributed by atoms with Crippen molar-refractivity contribution in [3.05, 3.63) is 81.0 Å². The number of hydrogen-bond donors (Lipinski definition) is 2. The lowest BCUT2D eigenvalue weighted by Gasteiger charge is -2.22. The largest absolute Gasteiger partial charge is 0.482 e. The highest BCUT2D eigenvalue weighted by atomic mass is 35.5. The lowest BCUT2D eigenvalue weighted by molar-refractivity contribution is 0.227. The van der Waals surface area contributed by atoms with E-state index in [-0.39, 0.29) is 10.8 Å². The highest BCUT2D eigenvalue weighted by Gasteiger charge is 2.20. The van der Waals surface area contributed by atoms with E-state index in [2.05, 4.69) is 27.4 Å². The Hall–Kier alpha value is -2.41. The molecule has 8 heteroatoms. The molecular weight excluding hydrogens is 450 g/mol. The van der Waals surface area contributed by atoms with Crippen molar-refractivity contribution in [2.45, 2.75) is 38.2 Å². The normalized spacial score (nSPS) is 15.5. The van der Waals surface area contributed by atoms with Crippen LogP contribution in [0.1, 0.15) is 54.2 Å². The standard InChI is InChI=1S/C24H25Cl2FN4O/c1-14(22-19(25)4-5-20(27)23(22)26)32-21-11-15(12-31-24(21)28)10-18-3-2-17(13-30-18)16-6-8-29-9-7-16/h2-5,11-14,16,29H,6-10H2,1H3,(H2,28,31). The predicted molar refractivity (Wildman–Crippen MR) is 126 cm³/mol. The number of hydrogen-bond acceptors (Lipinski definition) is 5. The summed E-state index contributed by atoms with van der Waals surface area (Å²) in [7, 11) is 0. The van der Waals surface area contributed by atoms with Crippen molar-refractivity contribution in [3.8, 4) is 5.75 Å². The third kappa shape index (κ3) is 5.14. The van der Waals surface area contributed by atoms with Gasteiger partial charge in [-0.1, -0.05) is 29.3 Å². The average Bonchev–Trinajstić information content (AvgIpc) is 2.80. The number of nitrogen functional groups attached to an aromatic ring is 1. The number of halogens is 3. The lowest BCUT2D eigenvalue weighted by atomic mass is 9.91. The smallest absolute Gasteiger partial charge is 0.166 e. The Morgan fingerprint density at radius 1 is 1.16 bits per heavy atom. The topological polar surface area (TPSA) is 73.1 Å². The molecule has 0 aliphatic carbocycles. The number of nitrogens with zero attached hydrogens (tertiary/aromatic N) is 2. The number of anilines is 1. The monoisotopic (exact) mass is 474 g/mol. The summed E-state index contributed by atoms with van der Waals surface area (Å²) in [6.07, 6.45) is 5.93. The molecule has 3 heterocycles. The summed E-state index contributed by atoms with van der Waals surface area (Å²) in [6, 6.07) is 8.72. The van der Waals surface area contributed by atoms with E-state index in [0.29, 0.717) is 28.7 Å². The predicted octanol–water partition coefficient (Wildman–Crippen LogP) is 5.70. The molecule has 1 saturated heterocycles. The van der Waals surface area contributed by atoms with Crippen LogP contribution in [-0.2, 0) is 6.42 Å². The Morgan fingerprint density at radius 3 is 2.66 bits per heavy atom. The summed E-state index contributed by atoms with van der Waals surface area (Å²) in [5, 5.41) is 3.65. The maximum atomic E-state index is 13.9. The molecule has 1 atom stereocenters. The van der Waals surface area contributed by atoms with Crippen LogP contribution in [-0.4, -0.2) is 23.1 Å². The van der Waals surface area contributed by atoms with Crippen LogP contribution >= 0.6 is 23.2 Å². The fraction of sp³-hybridized carbons (Fsp3) is 0.333. The van der Waals surface area contributed by atoms with Gasteiger partial charge in [0.05, 0.1) is 5.02 Å². The molecule has 1 aliphatic heterocycles. The van der Waals surface area contributed by atoms with Gasteiger partial charge in [-0.3, -0.25) is 4.98 Å². The molecule has 1 aliphatic rings. The van der Waals surface area contributed by atoms with Gasteiger partial charge in [-0.05, 0) is 74.2 Å². The number of aromatic nitrogens is 2. The summed E-state index contributed by atoms with van der Waals surface area (Å²) >= 11 is 12.3. The third-order valence-electron chi connectivity index (χ3n) is 5.77. The first-order valence-electron chi connectivity index (χ1n) is 10.6. The molecule has 1 fully saturated rings. The molecule has 1 aromatic carbocycles. The minimum absolute atomic E-state index is 0.0641. The van der Waals surface area contributed by atoms with Gasteiger partial charge in [0.1, 0.15) is 11.9 Å². The number of rotatable bonds is 6. The van der Waals surface area contributed by atoms with Gasteiger partial charge in [-0.15, -0.1) is 0 Å². The van der Waals surface area contributed by atoms with E-state index in [4.69, 9.17) is 33.7 Å². The molecule has 0 bridgehead atoms. The first kappa shape index (κ1) is 22.8. The SMILES string of the molecule is CC(Oc1cc(Cc2ccc(C3CCNCC3)cn2)cnc1N)c1c(Cl)ccc(F)c1Cl. The molecule has 32 heavy (non-hydrogen) atoms. The van der Waals surface area contributed by atoms with Crippen LogP contribution in [0.4, 0.5) is 10.2 Å². The minimum atomic E-state index is -0.618. The molecule has 3 N–H and O–H groups in total. The van der Waals surface area contributed by atoms with Crippen molar-refractivity contribution < 1.29 is 9.13 Å². The first-order valence-corrected chi connectivity index (χ1v) is 11.4. The van der Waals surface area contributed by atoms with Crippen LogP contribution < -0.4 is 15.8 Å². The summed E-state index contributed by atoms with van der Waals surface area (Å²) < 4.78 is 19.9. The van der Waals surface area contributed by atoms with Gasteiger partial charge in [-0.25, -0.2) is 9.37 Å². The van der Waals surface area contributed by atoms with E-state index >= 15 is 0 Å². The Labute approximate surface area is 197 Å². The molecule has 5 nitrogen and oxygen atoms in total. The fourth-order valence-electron chi connectivity index (χ4n) is 4.00. The van der Waals surface area contributed by atoms with Crippen LogP contribution in [0.15, 0.2) is 42.7 Å². The average molecular weight is 475 g/mol. The van der Waals surface area contributed by atoms with E-state index in [0.717, 1.165) is 37.2 Å². The van der Waals surface area contributed by atoms with Gasteiger partial charge >= 0.3 is 0 Å². The van der Waals surface area contributed by atoms with Gasteiger partial charge in [0.25, 0.3) is 0 Å². The van der Waals surface area contributed by atoms with Crippen molar-refractivity contribution in [3.63, 3.8) is 0 Å². The van der Waals surface area contributed by atoms with E-state index in [1.54, 1.807) is 13.1 Å². The van der Waals surface area contributed by atoms with E-state index in [9.17, 15) is 4.39 Å². The molecule has 168 valence electrons. The second kappa shape index (κ2) is 10.0. The fourth-order valence-corrected chi connectivity index (χ4v) is 4.68. The van der Waals surface area contributed by atoms with Crippen molar-refractivity contribution in [1.29, 1.82) is 0 Å². The number of nitrogens with one attached hydrogen (secondary N) is 1. The zero-order valence-corrected chi connectivity index (χ0v) is 19.3. The Morgan fingerprint density at radius 2 is 1.94 bits per heavy atom. The van der Waals surface area contributed by atoms with Gasteiger partial charge in [0.2, 0.25) is 0 Å². The van der Waals surface area contributed by atoms with Crippen molar-refractivity contribution in [1.82, 2.24) is 15.3 Å². The van der Waals surface area contributed by atoms with Crippen LogP contribution in [0.2, 0.25) is 10.0 Å².